The summed E-state index contributed by atoms with van der Waals surface area (Å²) in [6, 6.07) is 0. The highest BCUT2D eigenvalue weighted by atomic mass is 16.4. The summed E-state index contributed by atoms with van der Waals surface area (Å²) in [4.78, 5) is 10.3. The highest BCUT2D eigenvalue weighted by Gasteiger charge is 1.95. The highest BCUT2D eigenvalue weighted by molar-refractivity contribution is 5.66. The summed E-state index contributed by atoms with van der Waals surface area (Å²) in [5.74, 6) is -0.670. The van der Waals surface area contributed by atoms with Gasteiger partial charge in [-0.2, -0.15) is 0 Å². The molecular formula is C20H34O2. The molecule has 0 aromatic rings. The van der Waals surface area contributed by atoms with Crippen LogP contribution in [-0.2, 0) is 4.79 Å². The Morgan fingerprint density at radius 1 is 0.727 bits per heavy atom. The Kier molecular flexibility index (Phi) is 16.7. The fourth-order valence-corrected chi connectivity index (χ4v) is 2.23. The number of carbonyl (C=O) groups is 1. The van der Waals surface area contributed by atoms with E-state index in [1.54, 1.807) is 0 Å². The summed E-state index contributed by atoms with van der Waals surface area (Å²) in [6.07, 6.45) is 26.3. The molecule has 0 unspecified atom stereocenters. The third kappa shape index (κ3) is 18.7. The van der Waals surface area contributed by atoms with Gasteiger partial charge in [0, 0.05) is 6.42 Å². The molecule has 0 atom stereocenters. The second-order valence-corrected chi connectivity index (χ2v) is 5.69. The molecule has 2 nitrogen and oxygen atoms in total. The maximum atomic E-state index is 10.3. The number of allylic oxidation sites excluding steroid dienone is 6. The molecule has 0 rings (SSSR count). The Hall–Kier alpha value is -1.31. The monoisotopic (exact) mass is 306 g/mol. The molecule has 0 aromatic heterocycles. The van der Waals surface area contributed by atoms with Gasteiger partial charge in [-0.3, -0.25) is 4.79 Å². The second kappa shape index (κ2) is 17.7. The minimum absolute atomic E-state index is 0.325. The quantitative estimate of drug-likeness (QED) is 0.279. The molecule has 0 saturated heterocycles. The zero-order valence-electron chi connectivity index (χ0n) is 14.3. The van der Waals surface area contributed by atoms with E-state index in [9.17, 15) is 4.79 Å². The van der Waals surface area contributed by atoms with Crippen LogP contribution in [0.2, 0.25) is 0 Å². The van der Waals surface area contributed by atoms with Crippen LogP contribution in [0.25, 0.3) is 0 Å². The van der Waals surface area contributed by atoms with Gasteiger partial charge in [-0.05, 0) is 44.9 Å². The van der Waals surface area contributed by atoms with Gasteiger partial charge < -0.3 is 5.11 Å². The average molecular weight is 306 g/mol. The minimum Gasteiger partial charge on any atom is -0.481 e. The number of hydrogen-bond acceptors (Lipinski definition) is 1. The fraction of sp³-hybridized carbons (Fsp3) is 0.650. The first-order valence-corrected chi connectivity index (χ1v) is 8.94. The van der Waals surface area contributed by atoms with Gasteiger partial charge in [0.05, 0.1) is 0 Å². The van der Waals surface area contributed by atoms with Crippen LogP contribution in [0.15, 0.2) is 36.5 Å². The molecular weight excluding hydrogens is 272 g/mol. The maximum Gasteiger partial charge on any atom is 0.303 e. The van der Waals surface area contributed by atoms with Gasteiger partial charge in [-0.25, -0.2) is 0 Å². The topological polar surface area (TPSA) is 37.3 Å². The van der Waals surface area contributed by atoms with Crippen molar-refractivity contribution in [3.05, 3.63) is 36.5 Å². The number of unbranched alkanes of at least 4 members (excludes halogenated alkanes) is 7. The van der Waals surface area contributed by atoms with Crippen molar-refractivity contribution in [2.24, 2.45) is 0 Å². The van der Waals surface area contributed by atoms with E-state index in [2.05, 4.69) is 43.4 Å². The van der Waals surface area contributed by atoms with Gasteiger partial charge in [-0.1, -0.05) is 69.1 Å². The zero-order valence-corrected chi connectivity index (χ0v) is 14.3. The number of hydrogen-bond donors (Lipinski definition) is 1. The predicted octanol–water partition coefficient (Wildman–Crippen LogP) is 6.44. The molecule has 2 heteroatoms. The van der Waals surface area contributed by atoms with Crippen molar-refractivity contribution in [2.75, 3.05) is 0 Å². The van der Waals surface area contributed by atoms with Crippen LogP contribution in [0.5, 0.6) is 0 Å². The molecule has 0 radical (unpaired) electrons. The molecule has 0 amide bonds. The summed E-state index contributed by atoms with van der Waals surface area (Å²) < 4.78 is 0. The largest absolute Gasteiger partial charge is 0.481 e. The van der Waals surface area contributed by atoms with Crippen LogP contribution in [0.3, 0.4) is 0 Å². The van der Waals surface area contributed by atoms with Crippen molar-refractivity contribution < 1.29 is 9.90 Å². The van der Waals surface area contributed by atoms with Crippen LogP contribution in [0.1, 0.15) is 84.0 Å². The number of aliphatic carboxylic acids is 1. The van der Waals surface area contributed by atoms with Crippen molar-refractivity contribution in [3.8, 4) is 0 Å². The van der Waals surface area contributed by atoms with E-state index in [0.717, 1.165) is 38.5 Å². The molecule has 0 spiro atoms. The minimum atomic E-state index is -0.670. The Labute approximate surface area is 137 Å². The summed E-state index contributed by atoms with van der Waals surface area (Å²) in [5.41, 5.74) is 0. The Morgan fingerprint density at radius 2 is 1.27 bits per heavy atom. The van der Waals surface area contributed by atoms with E-state index in [1.165, 1.54) is 32.1 Å². The van der Waals surface area contributed by atoms with Crippen LogP contribution < -0.4 is 0 Å². The lowest BCUT2D eigenvalue weighted by atomic mass is 10.1. The lowest BCUT2D eigenvalue weighted by Crippen LogP contribution is -1.93. The van der Waals surface area contributed by atoms with Gasteiger partial charge >= 0.3 is 5.97 Å². The summed E-state index contributed by atoms with van der Waals surface area (Å²) >= 11 is 0. The van der Waals surface area contributed by atoms with Crippen LogP contribution >= 0.6 is 0 Å². The van der Waals surface area contributed by atoms with Crippen molar-refractivity contribution >= 4 is 5.97 Å². The van der Waals surface area contributed by atoms with Crippen LogP contribution in [0, 0.1) is 0 Å². The van der Waals surface area contributed by atoms with E-state index in [4.69, 9.17) is 5.11 Å². The molecule has 1 N–H and O–H groups in total. The van der Waals surface area contributed by atoms with E-state index in [-0.39, 0.29) is 0 Å². The molecule has 22 heavy (non-hydrogen) atoms. The summed E-state index contributed by atoms with van der Waals surface area (Å²) in [5, 5.41) is 8.52. The van der Waals surface area contributed by atoms with Gasteiger partial charge in [0.15, 0.2) is 0 Å². The molecule has 0 aliphatic carbocycles. The van der Waals surface area contributed by atoms with Gasteiger partial charge in [-0.15, -0.1) is 0 Å². The van der Waals surface area contributed by atoms with Crippen molar-refractivity contribution in [3.63, 3.8) is 0 Å². The predicted molar refractivity (Wildman–Crippen MR) is 96.1 cm³/mol. The van der Waals surface area contributed by atoms with E-state index in [0.29, 0.717) is 6.42 Å². The zero-order chi connectivity index (χ0) is 16.3. The molecule has 0 aliphatic rings. The average Bonchev–Trinajstić information content (AvgIpc) is 2.50. The van der Waals surface area contributed by atoms with Crippen molar-refractivity contribution in [1.82, 2.24) is 0 Å². The number of carboxylic acid groups (broad SMARTS) is 1. The molecule has 0 fully saturated rings. The third-order valence-corrected chi connectivity index (χ3v) is 3.52. The first kappa shape index (κ1) is 20.7. The number of rotatable bonds is 15. The molecule has 0 heterocycles. The van der Waals surface area contributed by atoms with E-state index < -0.39 is 5.97 Å². The molecule has 0 saturated carbocycles. The standard InChI is InChI=1S/C20H34O2/c1-2-3-4-5-6-7-8-9-10-11-12-13-14-15-16-17-18-19-20(21)22/h3-4,7-8,10-11H,2,5-6,9,12-19H2,1H3,(H,21,22). The summed E-state index contributed by atoms with van der Waals surface area (Å²) in [7, 11) is 0. The lowest BCUT2D eigenvalue weighted by Gasteiger charge is -1.99. The normalized spacial score (nSPS) is 12.0. The number of carboxylic acids is 1. The van der Waals surface area contributed by atoms with Crippen molar-refractivity contribution in [1.29, 1.82) is 0 Å². The first-order valence-electron chi connectivity index (χ1n) is 8.94. The molecule has 0 aliphatic heterocycles. The lowest BCUT2D eigenvalue weighted by molar-refractivity contribution is -0.137. The maximum absolute atomic E-state index is 10.3. The van der Waals surface area contributed by atoms with Gasteiger partial charge in [0.25, 0.3) is 0 Å². The Bertz CT molecular complexity index is 327. The van der Waals surface area contributed by atoms with Gasteiger partial charge in [0.1, 0.15) is 0 Å². The SMILES string of the molecule is CCC=CCCC=CCC=CCCCCCCCCC(=O)O. The molecule has 0 aromatic carbocycles. The van der Waals surface area contributed by atoms with Crippen LogP contribution in [0.4, 0.5) is 0 Å². The van der Waals surface area contributed by atoms with Gasteiger partial charge in [0.2, 0.25) is 0 Å². The molecule has 0 bridgehead atoms. The smallest absolute Gasteiger partial charge is 0.303 e. The third-order valence-electron chi connectivity index (χ3n) is 3.52. The van der Waals surface area contributed by atoms with E-state index in [1.807, 2.05) is 0 Å². The van der Waals surface area contributed by atoms with Crippen LogP contribution in [-0.4, -0.2) is 11.1 Å². The van der Waals surface area contributed by atoms with E-state index >= 15 is 0 Å². The van der Waals surface area contributed by atoms with Crippen molar-refractivity contribution in [2.45, 2.75) is 84.0 Å². The Balaban J connectivity index is 3.22. The molecule has 126 valence electrons. The summed E-state index contributed by atoms with van der Waals surface area (Å²) in [6.45, 7) is 2.16. The Morgan fingerprint density at radius 3 is 1.91 bits per heavy atom. The highest BCUT2D eigenvalue weighted by Crippen LogP contribution is 2.09. The first-order chi connectivity index (χ1) is 10.8. The second-order valence-electron chi connectivity index (χ2n) is 5.69. The fourth-order valence-electron chi connectivity index (χ4n) is 2.23.